The summed E-state index contributed by atoms with van der Waals surface area (Å²) in [6.07, 6.45) is -0.537. The summed E-state index contributed by atoms with van der Waals surface area (Å²) in [6, 6.07) is 29.4. The first-order chi connectivity index (χ1) is 19.8. The number of sulfonamides is 1. The molecule has 3 atom stereocenters. The second-order valence-corrected chi connectivity index (χ2v) is 12.3. The van der Waals surface area contributed by atoms with Gasteiger partial charge in [0.2, 0.25) is 0 Å². The maximum atomic E-state index is 12.7. The Morgan fingerprint density at radius 1 is 0.854 bits per heavy atom. The third-order valence-corrected chi connectivity index (χ3v) is 9.18. The lowest BCUT2D eigenvalue weighted by atomic mass is 10.0. The normalized spacial score (nSPS) is 19.0. The molecule has 0 saturated carbocycles. The topological polar surface area (TPSA) is 122 Å². The van der Waals surface area contributed by atoms with Crippen molar-refractivity contribution < 1.29 is 32.9 Å². The molecule has 5 rings (SSSR count). The molecular formula is C31H29NO7S2. The fraction of sp³-hybridized carbons (Fsp3) is 0.194. The Balaban J connectivity index is 1.32. The van der Waals surface area contributed by atoms with Gasteiger partial charge in [0.25, 0.3) is 10.0 Å². The van der Waals surface area contributed by atoms with Gasteiger partial charge in [0.05, 0.1) is 29.3 Å². The monoisotopic (exact) mass is 591 g/mol. The lowest BCUT2D eigenvalue weighted by molar-refractivity contribution is -0.245. The molecule has 0 aliphatic carbocycles. The van der Waals surface area contributed by atoms with E-state index in [4.69, 9.17) is 14.6 Å². The number of rotatable bonds is 10. The lowest BCUT2D eigenvalue weighted by Crippen LogP contribution is -2.31. The van der Waals surface area contributed by atoms with Crippen LogP contribution in [0.4, 0.5) is 5.69 Å². The van der Waals surface area contributed by atoms with Crippen LogP contribution in [0.5, 0.6) is 0 Å². The molecule has 1 aliphatic rings. The largest absolute Gasteiger partial charge is 0.478 e. The van der Waals surface area contributed by atoms with E-state index in [1.54, 1.807) is 78.5 Å². The molecule has 0 aromatic heterocycles. The number of carbonyl (C=O) groups is 1. The minimum atomic E-state index is -3.72. The van der Waals surface area contributed by atoms with Crippen molar-refractivity contribution in [3.8, 4) is 0 Å². The van der Waals surface area contributed by atoms with E-state index in [9.17, 15) is 18.3 Å². The first-order valence-electron chi connectivity index (χ1n) is 13.0. The van der Waals surface area contributed by atoms with Crippen LogP contribution >= 0.6 is 11.8 Å². The van der Waals surface area contributed by atoms with Crippen molar-refractivity contribution >= 4 is 33.4 Å². The van der Waals surface area contributed by atoms with E-state index in [2.05, 4.69) is 4.72 Å². The molecule has 4 aromatic carbocycles. The number of hydrogen-bond donors (Lipinski definition) is 3. The fourth-order valence-electron chi connectivity index (χ4n) is 4.43. The molecule has 4 aromatic rings. The molecule has 0 amide bonds. The molecule has 1 saturated heterocycles. The highest BCUT2D eigenvalue weighted by Gasteiger charge is 2.32. The lowest BCUT2D eigenvalue weighted by Gasteiger charge is -2.36. The van der Waals surface area contributed by atoms with Crippen molar-refractivity contribution in [1.29, 1.82) is 0 Å². The summed E-state index contributed by atoms with van der Waals surface area (Å²) in [5.41, 5.74) is 3.16. The van der Waals surface area contributed by atoms with Crippen LogP contribution in [0, 0.1) is 0 Å². The molecule has 8 nitrogen and oxygen atoms in total. The van der Waals surface area contributed by atoms with Crippen LogP contribution in [0.25, 0.3) is 0 Å². The number of ether oxygens (including phenoxy) is 2. The highest BCUT2D eigenvalue weighted by atomic mass is 32.2. The van der Waals surface area contributed by atoms with Crippen LogP contribution in [0.3, 0.4) is 0 Å². The first kappa shape index (κ1) is 28.8. The Labute approximate surface area is 243 Å². The van der Waals surface area contributed by atoms with Crippen molar-refractivity contribution in [3.63, 3.8) is 0 Å². The molecule has 0 radical (unpaired) electrons. The van der Waals surface area contributed by atoms with Gasteiger partial charge in [0.1, 0.15) is 0 Å². The number of aromatic carboxylic acids is 1. The number of carboxylic acids is 1. The molecular weight excluding hydrogens is 562 g/mol. The highest BCUT2D eigenvalue weighted by molar-refractivity contribution is 7.99. The van der Waals surface area contributed by atoms with Gasteiger partial charge in [-0.3, -0.25) is 4.72 Å². The van der Waals surface area contributed by atoms with E-state index in [1.165, 1.54) is 12.1 Å². The van der Waals surface area contributed by atoms with E-state index in [0.29, 0.717) is 17.9 Å². The van der Waals surface area contributed by atoms with E-state index < -0.39 is 22.3 Å². The predicted octanol–water partition coefficient (Wildman–Crippen LogP) is 6.02. The smallest absolute Gasteiger partial charge is 0.335 e. The van der Waals surface area contributed by atoms with Crippen LogP contribution in [0.1, 0.15) is 45.9 Å². The highest BCUT2D eigenvalue weighted by Crippen LogP contribution is 2.39. The number of hydrogen-bond acceptors (Lipinski definition) is 7. The molecule has 1 heterocycles. The van der Waals surface area contributed by atoms with Gasteiger partial charge in [-0.15, -0.1) is 11.8 Å². The fourth-order valence-corrected chi connectivity index (χ4v) is 6.43. The SMILES string of the molecule is O=C(O)c1ccc(SCC2CC(c3ccc(CO)cc3)OC(c3ccc(NS(=O)(=O)c4ccccc4)cc3)O2)cc1. The first-order valence-corrected chi connectivity index (χ1v) is 15.4. The van der Waals surface area contributed by atoms with Gasteiger partial charge in [0.15, 0.2) is 6.29 Å². The minimum Gasteiger partial charge on any atom is -0.478 e. The van der Waals surface area contributed by atoms with Gasteiger partial charge in [-0.25, -0.2) is 13.2 Å². The second kappa shape index (κ2) is 12.9. The van der Waals surface area contributed by atoms with Gasteiger partial charge in [-0.1, -0.05) is 54.6 Å². The summed E-state index contributed by atoms with van der Waals surface area (Å²) in [5.74, 6) is -0.349. The number of thioether (sulfide) groups is 1. The Hall–Kier alpha value is -3.67. The standard InChI is InChI=1S/C31H29NO7S2/c33-19-21-6-8-22(9-7-21)29-18-26(20-40-27-16-12-23(13-17-27)30(34)35)38-31(39-29)24-10-14-25(15-11-24)32-41(36,37)28-4-2-1-3-5-28/h1-17,26,29,31-33H,18-20H2,(H,34,35). The Bertz CT molecular complexity index is 1560. The molecule has 0 spiro atoms. The summed E-state index contributed by atoms with van der Waals surface area (Å²) in [6.45, 7) is -0.0438. The van der Waals surface area contributed by atoms with E-state index in [0.717, 1.165) is 21.6 Å². The summed E-state index contributed by atoms with van der Waals surface area (Å²) in [5, 5.41) is 18.6. The van der Waals surface area contributed by atoms with Gasteiger partial charge in [-0.2, -0.15) is 0 Å². The summed E-state index contributed by atoms with van der Waals surface area (Å²) < 4.78 is 40.7. The zero-order valence-electron chi connectivity index (χ0n) is 21.9. The van der Waals surface area contributed by atoms with Crippen molar-refractivity contribution in [1.82, 2.24) is 0 Å². The van der Waals surface area contributed by atoms with Gasteiger partial charge >= 0.3 is 5.97 Å². The van der Waals surface area contributed by atoms with E-state index in [-0.39, 0.29) is 29.3 Å². The number of benzene rings is 4. The van der Waals surface area contributed by atoms with Gasteiger partial charge < -0.3 is 19.7 Å². The van der Waals surface area contributed by atoms with Crippen LogP contribution in [0.2, 0.25) is 0 Å². The molecule has 0 bridgehead atoms. The summed E-state index contributed by atoms with van der Waals surface area (Å²) in [7, 11) is -3.72. The maximum absolute atomic E-state index is 12.7. The van der Waals surface area contributed by atoms with Crippen LogP contribution < -0.4 is 4.72 Å². The number of aliphatic hydroxyl groups is 1. The predicted molar refractivity (Wildman–Crippen MR) is 156 cm³/mol. The third kappa shape index (κ3) is 7.35. The van der Waals surface area contributed by atoms with E-state index in [1.807, 2.05) is 24.3 Å². The average Bonchev–Trinajstić information content (AvgIpc) is 3.01. The van der Waals surface area contributed by atoms with Crippen LogP contribution in [-0.4, -0.2) is 36.5 Å². The number of anilines is 1. The molecule has 3 N–H and O–H groups in total. The Morgan fingerprint density at radius 2 is 1.51 bits per heavy atom. The van der Waals surface area contributed by atoms with Crippen LogP contribution in [-0.2, 0) is 26.1 Å². The van der Waals surface area contributed by atoms with Crippen molar-refractivity contribution in [2.75, 3.05) is 10.5 Å². The second-order valence-electron chi connectivity index (χ2n) is 9.53. The third-order valence-electron chi connectivity index (χ3n) is 6.64. The Kier molecular flexibility index (Phi) is 9.06. The number of aliphatic hydroxyl groups excluding tert-OH is 1. The minimum absolute atomic E-state index is 0.0438. The maximum Gasteiger partial charge on any atom is 0.335 e. The van der Waals surface area contributed by atoms with Crippen molar-refractivity contribution in [2.45, 2.75) is 41.3 Å². The zero-order valence-corrected chi connectivity index (χ0v) is 23.6. The van der Waals surface area contributed by atoms with Crippen molar-refractivity contribution in [2.24, 2.45) is 0 Å². The number of carboxylic acid groups (broad SMARTS) is 1. The molecule has 10 heteroatoms. The molecule has 1 fully saturated rings. The van der Waals surface area contributed by atoms with Crippen LogP contribution in [0.15, 0.2) is 113 Å². The van der Waals surface area contributed by atoms with E-state index >= 15 is 0 Å². The van der Waals surface area contributed by atoms with Crippen molar-refractivity contribution in [3.05, 3.63) is 125 Å². The molecule has 1 aliphatic heterocycles. The quantitative estimate of drug-likeness (QED) is 0.192. The van der Waals surface area contributed by atoms with Gasteiger partial charge in [0, 0.05) is 28.3 Å². The summed E-state index contributed by atoms with van der Waals surface area (Å²) >= 11 is 1.57. The summed E-state index contributed by atoms with van der Waals surface area (Å²) in [4.78, 5) is 12.3. The zero-order chi connectivity index (χ0) is 28.8. The molecule has 41 heavy (non-hydrogen) atoms. The van der Waals surface area contributed by atoms with Gasteiger partial charge in [-0.05, 0) is 59.7 Å². The Morgan fingerprint density at radius 3 is 2.15 bits per heavy atom. The number of nitrogens with one attached hydrogen (secondary N) is 1. The molecule has 212 valence electrons. The average molecular weight is 592 g/mol. The molecule has 3 unspecified atom stereocenters.